The molecule has 2 N–H and O–H groups in total. The van der Waals surface area contributed by atoms with Gasteiger partial charge in [0, 0.05) is 26.2 Å². The maximum absolute atomic E-state index is 12.5. The van der Waals surface area contributed by atoms with Crippen molar-refractivity contribution in [3.63, 3.8) is 0 Å². The molecule has 0 radical (unpaired) electrons. The van der Waals surface area contributed by atoms with Crippen molar-refractivity contribution in [1.29, 1.82) is 0 Å². The largest absolute Gasteiger partial charge is 0.397 e. The molecule has 116 valence electrons. The van der Waals surface area contributed by atoms with Gasteiger partial charge in [-0.15, -0.1) is 0 Å². The standard InChI is InChI=1S/C16H24ClN3O/c1-12(2)6-7-19-8-10-20(11-9-19)16(21)13-4-3-5-14(17)15(13)18/h3-5,12H,6-11,18H2,1-2H3. The Labute approximate surface area is 131 Å². The van der Waals surface area contributed by atoms with Gasteiger partial charge in [0.15, 0.2) is 0 Å². The lowest BCUT2D eigenvalue weighted by Gasteiger charge is -2.35. The van der Waals surface area contributed by atoms with Gasteiger partial charge in [-0.05, 0) is 31.0 Å². The lowest BCUT2D eigenvalue weighted by molar-refractivity contribution is 0.0633. The first kappa shape index (κ1) is 16.1. The van der Waals surface area contributed by atoms with Crippen LogP contribution in [0.25, 0.3) is 0 Å². The number of carbonyl (C=O) groups excluding carboxylic acids is 1. The predicted octanol–water partition coefficient (Wildman–Crippen LogP) is 2.73. The Morgan fingerprint density at radius 2 is 1.95 bits per heavy atom. The highest BCUT2D eigenvalue weighted by molar-refractivity contribution is 6.33. The number of nitrogens with zero attached hydrogens (tertiary/aromatic N) is 2. The Morgan fingerprint density at radius 3 is 2.57 bits per heavy atom. The minimum Gasteiger partial charge on any atom is -0.397 e. The minimum absolute atomic E-state index is 0.0153. The summed E-state index contributed by atoms with van der Waals surface area (Å²) < 4.78 is 0. The number of carbonyl (C=O) groups is 1. The summed E-state index contributed by atoms with van der Waals surface area (Å²) in [4.78, 5) is 16.8. The molecule has 4 nitrogen and oxygen atoms in total. The molecular weight excluding hydrogens is 286 g/mol. The van der Waals surface area contributed by atoms with Gasteiger partial charge < -0.3 is 10.6 Å². The fourth-order valence-corrected chi connectivity index (χ4v) is 2.68. The third-order valence-corrected chi connectivity index (χ3v) is 4.30. The summed E-state index contributed by atoms with van der Waals surface area (Å²) in [5.41, 5.74) is 6.80. The number of hydrogen-bond acceptors (Lipinski definition) is 3. The molecule has 5 heteroatoms. The van der Waals surface area contributed by atoms with E-state index in [-0.39, 0.29) is 5.91 Å². The molecule has 0 aromatic heterocycles. The van der Waals surface area contributed by atoms with Crippen molar-refractivity contribution in [3.05, 3.63) is 28.8 Å². The molecule has 1 heterocycles. The second-order valence-electron chi connectivity index (χ2n) is 6.02. The highest BCUT2D eigenvalue weighted by Crippen LogP contribution is 2.24. The van der Waals surface area contributed by atoms with Gasteiger partial charge in [0.2, 0.25) is 0 Å². The molecule has 0 atom stereocenters. The summed E-state index contributed by atoms with van der Waals surface area (Å²) in [7, 11) is 0. The zero-order valence-electron chi connectivity index (χ0n) is 12.8. The molecule has 1 aromatic rings. The number of piperazine rings is 1. The number of rotatable bonds is 4. The first-order valence-corrected chi connectivity index (χ1v) is 7.92. The summed E-state index contributed by atoms with van der Waals surface area (Å²) in [6.07, 6.45) is 1.20. The third kappa shape index (κ3) is 4.11. The molecule has 1 aliphatic rings. The molecule has 0 spiro atoms. The summed E-state index contributed by atoms with van der Waals surface area (Å²) in [6.45, 7) is 8.95. The molecule has 1 aromatic carbocycles. The predicted molar refractivity (Wildman–Crippen MR) is 87.7 cm³/mol. The van der Waals surface area contributed by atoms with Crippen LogP contribution >= 0.6 is 11.6 Å². The van der Waals surface area contributed by atoms with Crippen LogP contribution in [0.4, 0.5) is 5.69 Å². The van der Waals surface area contributed by atoms with E-state index in [1.807, 2.05) is 4.90 Å². The number of nitrogens with two attached hydrogens (primary N) is 1. The van der Waals surface area contributed by atoms with E-state index in [1.165, 1.54) is 6.42 Å². The van der Waals surface area contributed by atoms with Crippen molar-refractivity contribution in [2.75, 3.05) is 38.5 Å². The molecule has 0 saturated carbocycles. The van der Waals surface area contributed by atoms with Crippen molar-refractivity contribution < 1.29 is 4.79 Å². The van der Waals surface area contributed by atoms with E-state index in [4.69, 9.17) is 17.3 Å². The second kappa shape index (κ2) is 7.14. The van der Waals surface area contributed by atoms with Crippen molar-refractivity contribution in [2.45, 2.75) is 20.3 Å². The molecule has 2 rings (SSSR count). The molecule has 21 heavy (non-hydrogen) atoms. The maximum atomic E-state index is 12.5. The van der Waals surface area contributed by atoms with E-state index in [0.717, 1.165) is 38.6 Å². The quantitative estimate of drug-likeness (QED) is 0.870. The average Bonchev–Trinajstić information content (AvgIpc) is 2.48. The van der Waals surface area contributed by atoms with Crippen molar-refractivity contribution in [2.24, 2.45) is 5.92 Å². The third-order valence-electron chi connectivity index (χ3n) is 3.97. The molecule has 0 aliphatic carbocycles. The van der Waals surface area contributed by atoms with Crippen LogP contribution in [0.5, 0.6) is 0 Å². The maximum Gasteiger partial charge on any atom is 0.256 e. The highest BCUT2D eigenvalue weighted by atomic mass is 35.5. The Bertz CT molecular complexity index is 496. The highest BCUT2D eigenvalue weighted by Gasteiger charge is 2.23. The van der Waals surface area contributed by atoms with Crippen molar-refractivity contribution >= 4 is 23.2 Å². The first-order valence-electron chi connectivity index (χ1n) is 7.54. The number of benzene rings is 1. The van der Waals surface area contributed by atoms with Crippen molar-refractivity contribution in [1.82, 2.24) is 9.80 Å². The number of anilines is 1. The van der Waals surface area contributed by atoms with Crippen molar-refractivity contribution in [3.8, 4) is 0 Å². The minimum atomic E-state index is -0.0153. The van der Waals surface area contributed by atoms with E-state index in [2.05, 4.69) is 18.7 Å². The van der Waals surface area contributed by atoms with Gasteiger partial charge in [-0.3, -0.25) is 9.69 Å². The van der Waals surface area contributed by atoms with E-state index in [9.17, 15) is 4.79 Å². The monoisotopic (exact) mass is 309 g/mol. The lowest BCUT2D eigenvalue weighted by Crippen LogP contribution is -2.49. The van der Waals surface area contributed by atoms with Crippen LogP contribution in [-0.4, -0.2) is 48.4 Å². The Balaban J connectivity index is 1.93. The summed E-state index contributed by atoms with van der Waals surface area (Å²) >= 11 is 5.99. The summed E-state index contributed by atoms with van der Waals surface area (Å²) in [6, 6.07) is 5.22. The number of halogens is 1. The van der Waals surface area contributed by atoms with E-state index in [0.29, 0.717) is 16.3 Å². The van der Waals surface area contributed by atoms with E-state index >= 15 is 0 Å². The Kier molecular flexibility index (Phi) is 5.48. The molecule has 1 fully saturated rings. The number of nitrogen functional groups attached to an aromatic ring is 1. The molecule has 1 saturated heterocycles. The second-order valence-corrected chi connectivity index (χ2v) is 6.42. The Morgan fingerprint density at radius 1 is 1.29 bits per heavy atom. The average molecular weight is 310 g/mol. The van der Waals surface area contributed by atoms with Gasteiger partial charge in [0.1, 0.15) is 0 Å². The SMILES string of the molecule is CC(C)CCN1CCN(C(=O)c2cccc(Cl)c2N)CC1. The van der Waals surface area contributed by atoms with Crippen LogP contribution in [0, 0.1) is 5.92 Å². The molecule has 0 unspecified atom stereocenters. The molecular formula is C16H24ClN3O. The van der Waals surface area contributed by atoms with E-state index in [1.54, 1.807) is 18.2 Å². The smallest absolute Gasteiger partial charge is 0.256 e. The fourth-order valence-electron chi connectivity index (χ4n) is 2.51. The first-order chi connectivity index (χ1) is 9.99. The van der Waals surface area contributed by atoms with Crippen LogP contribution in [0.2, 0.25) is 5.02 Å². The van der Waals surface area contributed by atoms with Crippen LogP contribution in [0.3, 0.4) is 0 Å². The van der Waals surface area contributed by atoms with E-state index < -0.39 is 0 Å². The van der Waals surface area contributed by atoms with Crippen LogP contribution in [0.15, 0.2) is 18.2 Å². The Hall–Kier alpha value is -1.26. The normalized spacial score (nSPS) is 16.5. The summed E-state index contributed by atoms with van der Waals surface area (Å²) in [5, 5.41) is 0.441. The number of amides is 1. The van der Waals surface area contributed by atoms with Crippen LogP contribution in [-0.2, 0) is 0 Å². The van der Waals surface area contributed by atoms with Gasteiger partial charge >= 0.3 is 0 Å². The summed E-state index contributed by atoms with van der Waals surface area (Å²) in [5.74, 6) is 0.703. The van der Waals surface area contributed by atoms with Gasteiger partial charge in [-0.1, -0.05) is 31.5 Å². The van der Waals surface area contributed by atoms with Gasteiger partial charge in [0.25, 0.3) is 5.91 Å². The zero-order chi connectivity index (χ0) is 15.4. The fraction of sp³-hybridized carbons (Fsp3) is 0.562. The lowest BCUT2D eigenvalue weighted by atomic mass is 10.1. The van der Waals surface area contributed by atoms with Crippen LogP contribution in [0.1, 0.15) is 30.6 Å². The molecule has 0 bridgehead atoms. The van der Waals surface area contributed by atoms with Gasteiger partial charge in [0.05, 0.1) is 16.3 Å². The topological polar surface area (TPSA) is 49.6 Å². The molecule has 1 aliphatic heterocycles. The zero-order valence-corrected chi connectivity index (χ0v) is 13.6. The number of hydrogen-bond donors (Lipinski definition) is 1. The molecule has 1 amide bonds. The number of para-hydroxylation sites is 1. The van der Waals surface area contributed by atoms with Gasteiger partial charge in [-0.2, -0.15) is 0 Å². The van der Waals surface area contributed by atoms with Crippen LogP contribution < -0.4 is 5.73 Å². The van der Waals surface area contributed by atoms with Gasteiger partial charge in [-0.25, -0.2) is 0 Å².